The molecule has 7 heteroatoms. The van der Waals surface area contributed by atoms with Crippen molar-refractivity contribution in [3.63, 3.8) is 0 Å². The Morgan fingerprint density at radius 1 is 1.14 bits per heavy atom. The summed E-state index contributed by atoms with van der Waals surface area (Å²) in [4.78, 5) is 17.4. The Labute approximate surface area is 127 Å². The highest BCUT2D eigenvalue weighted by atomic mass is 15.4. The average molecular weight is 291 g/mol. The molecule has 0 aliphatic heterocycles. The molecule has 1 aromatic rings. The molecule has 1 heterocycles. The van der Waals surface area contributed by atoms with Crippen LogP contribution in [0, 0.1) is 17.2 Å². The average Bonchev–Trinajstić information content (AvgIpc) is 2.48. The molecule has 0 aromatic carbocycles. The Morgan fingerprint density at radius 2 is 1.76 bits per heavy atom. The third-order valence-electron chi connectivity index (χ3n) is 3.10. The predicted octanol–water partition coefficient (Wildman–Crippen LogP) is 1.75. The minimum Gasteiger partial charge on any atom is -0.354 e. The Hall–Kier alpha value is -2.10. The van der Waals surface area contributed by atoms with E-state index in [2.05, 4.69) is 45.1 Å². The quantitative estimate of drug-likeness (QED) is 0.781. The molecule has 0 fully saturated rings. The van der Waals surface area contributed by atoms with Crippen molar-refractivity contribution in [2.75, 3.05) is 48.3 Å². The van der Waals surface area contributed by atoms with Gasteiger partial charge >= 0.3 is 0 Å². The Bertz CT molecular complexity index is 479. The molecule has 1 atom stereocenters. The van der Waals surface area contributed by atoms with E-state index in [1.54, 1.807) is 0 Å². The molecule has 0 spiro atoms. The molecule has 0 bridgehead atoms. The third-order valence-corrected chi connectivity index (χ3v) is 3.10. The van der Waals surface area contributed by atoms with E-state index < -0.39 is 0 Å². The standard InChI is InChI=1S/C14H25N7/c1-6-16-12-17-13(20(5)10-11(4)9-15)19-14(18-12)21(7-2)8-3/h11H,6-8,10H2,1-5H3,(H,16,17,18,19). The summed E-state index contributed by atoms with van der Waals surface area (Å²) < 4.78 is 0. The Morgan fingerprint density at radius 3 is 2.29 bits per heavy atom. The number of aromatic nitrogens is 3. The maximum absolute atomic E-state index is 8.94. The van der Waals surface area contributed by atoms with Crippen molar-refractivity contribution in [3.05, 3.63) is 0 Å². The van der Waals surface area contributed by atoms with Crippen LogP contribution in [0.25, 0.3) is 0 Å². The molecule has 0 saturated heterocycles. The topological polar surface area (TPSA) is 81.0 Å². The molecule has 7 nitrogen and oxygen atoms in total. The number of anilines is 3. The van der Waals surface area contributed by atoms with E-state index in [0.29, 0.717) is 24.4 Å². The van der Waals surface area contributed by atoms with Gasteiger partial charge in [-0.2, -0.15) is 20.2 Å². The maximum atomic E-state index is 8.94. The summed E-state index contributed by atoms with van der Waals surface area (Å²) in [6.07, 6.45) is 0. The zero-order valence-corrected chi connectivity index (χ0v) is 13.6. The first-order valence-corrected chi connectivity index (χ1v) is 7.41. The van der Waals surface area contributed by atoms with Crippen LogP contribution in [0.2, 0.25) is 0 Å². The zero-order valence-electron chi connectivity index (χ0n) is 13.6. The van der Waals surface area contributed by atoms with Crippen LogP contribution >= 0.6 is 0 Å². The van der Waals surface area contributed by atoms with E-state index in [0.717, 1.165) is 19.6 Å². The number of hydrogen-bond donors (Lipinski definition) is 1. The molecule has 116 valence electrons. The molecule has 0 amide bonds. The van der Waals surface area contributed by atoms with Crippen molar-refractivity contribution < 1.29 is 0 Å². The number of rotatable bonds is 8. The van der Waals surface area contributed by atoms with Crippen molar-refractivity contribution in [1.82, 2.24) is 15.0 Å². The van der Waals surface area contributed by atoms with Crippen LogP contribution in [-0.4, -0.2) is 48.2 Å². The van der Waals surface area contributed by atoms with Gasteiger partial charge in [-0.3, -0.25) is 0 Å². The van der Waals surface area contributed by atoms with Crippen LogP contribution in [0.15, 0.2) is 0 Å². The molecular formula is C14H25N7. The summed E-state index contributed by atoms with van der Waals surface area (Å²) in [5.74, 6) is 1.74. The first kappa shape index (κ1) is 17.0. The number of nitrogens with one attached hydrogen (secondary N) is 1. The molecule has 1 N–H and O–H groups in total. The lowest BCUT2D eigenvalue weighted by atomic mass is 10.2. The van der Waals surface area contributed by atoms with Crippen LogP contribution < -0.4 is 15.1 Å². The van der Waals surface area contributed by atoms with Crippen LogP contribution in [0.1, 0.15) is 27.7 Å². The van der Waals surface area contributed by atoms with Crippen molar-refractivity contribution in [2.45, 2.75) is 27.7 Å². The number of nitrogens with zero attached hydrogens (tertiary/aromatic N) is 6. The highest BCUT2D eigenvalue weighted by Gasteiger charge is 2.15. The van der Waals surface area contributed by atoms with Crippen molar-refractivity contribution in [2.24, 2.45) is 5.92 Å². The monoisotopic (exact) mass is 291 g/mol. The van der Waals surface area contributed by atoms with Crippen molar-refractivity contribution in [3.8, 4) is 6.07 Å². The molecule has 0 aliphatic carbocycles. The fourth-order valence-corrected chi connectivity index (χ4v) is 1.94. The van der Waals surface area contributed by atoms with Gasteiger partial charge in [0, 0.05) is 33.2 Å². The normalized spacial score (nSPS) is 11.6. The molecule has 1 aromatic heterocycles. The summed E-state index contributed by atoms with van der Waals surface area (Å²) >= 11 is 0. The molecule has 0 aliphatic rings. The minimum absolute atomic E-state index is 0.0775. The first-order chi connectivity index (χ1) is 10.0. The maximum Gasteiger partial charge on any atom is 0.231 e. The van der Waals surface area contributed by atoms with Crippen LogP contribution in [0.3, 0.4) is 0 Å². The van der Waals surface area contributed by atoms with E-state index in [-0.39, 0.29) is 5.92 Å². The fraction of sp³-hybridized carbons (Fsp3) is 0.714. The van der Waals surface area contributed by atoms with Crippen LogP contribution in [0.4, 0.5) is 17.8 Å². The number of hydrogen-bond acceptors (Lipinski definition) is 7. The van der Waals surface area contributed by atoms with Gasteiger partial charge in [-0.25, -0.2) is 0 Å². The van der Waals surface area contributed by atoms with Crippen LogP contribution in [-0.2, 0) is 0 Å². The third kappa shape index (κ3) is 4.74. The van der Waals surface area contributed by atoms with Crippen LogP contribution in [0.5, 0.6) is 0 Å². The van der Waals surface area contributed by atoms with E-state index in [1.165, 1.54) is 0 Å². The first-order valence-electron chi connectivity index (χ1n) is 7.41. The second-order valence-electron chi connectivity index (χ2n) is 4.87. The number of nitriles is 1. The lowest BCUT2D eigenvalue weighted by Crippen LogP contribution is -2.29. The van der Waals surface area contributed by atoms with Gasteiger partial charge in [-0.1, -0.05) is 0 Å². The molecular weight excluding hydrogens is 266 g/mol. The summed E-state index contributed by atoms with van der Waals surface area (Å²) in [5.41, 5.74) is 0. The molecule has 0 radical (unpaired) electrons. The van der Waals surface area contributed by atoms with E-state index in [1.807, 2.05) is 25.8 Å². The minimum atomic E-state index is -0.0775. The van der Waals surface area contributed by atoms with Gasteiger partial charge in [0.05, 0.1) is 12.0 Å². The van der Waals surface area contributed by atoms with Crippen molar-refractivity contribution >= 4 is 17.8 Å². The fourth-order valence-electron chi connectivity index (χ4n) is 1.94. The lowest BCUT2D eigenvalue weighted by molar-refractivity contribution is 0.697. The predicted molar refractivity (Wildman–Crippen MR) is 85.6 cm³/mol. The van der Waals surface area contributed by atoms with Crippen molar-refractivity contribution in [1.29, 1.82) is 5.26 Å². The Kier molecular flexibility index (Phi) is 6.66. The highest BCUT2D eigenvalue weighted by molar-refractivity contribution is 5.44. The second kappa shape index (κ2) is 8.25. The lowest BCUT2D eigenvalue weighted by Gasteiger charge is -2.23. The van der Waals surface area contributed by atoms with Gasteiger partial charge in [0.2, 0.25) is 17.8 Å². The molecule has 1 rings (SSSR count). The molecule has 21 heavy (non-hydrogen) atoms. The summed E-state index contributed by atoms with van der Waals surface area (Å²) in [6, 6.07) is 2.23. The highest BCUT2D eigenvalue weighted by Crippen LogP contribution is 2.16. The van der Waals surface area contributed by atoms with E-state index >= 15 is 0 Å². The van der Waals surface area contributed by atoms with Gasteiger partial charge in [0.15, 0.2) is 0 Å². The largest absolute Gasteiger partial charge is 0.354 e. The van der Waals surface area contributed by atoms with E-state index in [9.17, 15) is 0 Å². The van der Waals surface area contributed by atoms with Gasteiger partial charge in [0.25, 0.3) is 0 Å². The summed E-state index contributed by atoms with van der Waals surface area (Å²) in [5, 5.41) is 12.1. The van der Waals surface area contributed by atoms with Gasteiger partial charge in [-0.15, -0.1) is 0 Å². The van der Waals surface area contributed by atoms with Gasteiger partial charge in [0.1, 0.15) is 0 Å². The molecule has 0 saturated carbocycles. The van der Waals surface area contributed by atoms with E-state index in [4.69, 9.17) is 5.26 Å². The van der Waals surface area contributed by atoms with Gasteiger partial charge < -0.3 is 15.1 Å². The summed E-state index contributed by atoms with van der Waals surface area (Å²) in [7, 11) is 1.89. The Balaban J connectivity index is 3.09. The SMILES string of the molecule is CCNc1nc(N(C)CC(C)C#N)nc(N(CC)CC)n1. The smallest absolute Gasteiger partial charge is 0.231 e. The summed E-state index contributed by atoms with van der Waals surface area (Å²) in [6.45, 7) is 11.0. The van der Waals surface area contributed by atoms with Gasteiger partial charge in [-0.05, 0) is 27.7 Å². The second-order valence-corrected chi connectivity index (χ2v) is 4.87. The zero-order chi connectivity index (χ0) is 15.8. The molecule has 1 unspecified atom stereocenters.